The van der Waals surface area contributed by atoms with Gasteiger partial charge in [0.1, 0.15) is 11.5 Å². The zero-order chi connectivity index (χ0) is 15.0. The summed E-state index contributed by atoms with van der Waals surface area (Å²) >= 11 is 0. The second kappa shape index (κ2) is 8.30. The van der Waals surface area contributed by atoms with E-state index >= 15 is 0 Å². The molecule has 1 rings (SSSR count). The van der Waals surface area contributed by atoms with Crippen LogP contribution in [-0.4, -0.2) is 38.4 Å². The van der Waals surface area contributed by atoms with Crippen LogP contribution >= 0.6 is 0 Å². The van der Waals surface area contributed by atoms with E-state index in [0.717, 1.165) is 36.6 Å². The molecule has 0 aliphatic carbocycles. The van der Waals surface area contributed by atoms with Crippen LogP contribution in [0.15, 0.2) is 18.2 Å². The summed E-state index contributed by atoms with van der Waals surface area (Å²) in [5.74, 6) is 0.665. The van der Waals surface area contributed by atoms with E-state index in [1.807, 2.05) is 23.1 Å². The number of nitrogens with zero attached hydrogens (tertiary/aromatic N) is 1. The van der Waals surface area contributed by atoms with Gasteiger partial charge < -0.3 is 19.5 Å². The fraction of sp³-hybridized carbons (Fsp3) is 0.533. The van der Waals surface area contributed by atoms with Crippen LogP contribution in [0.2, 0.25) is 0 Å². The Morgan fingerprint density at radius 3 is 2.55 bits per heavy atom. The molecule has 0 radical (unpaired) electrons. The van der Waals surface area contributed by atoms with E-state index < -0.39 is 5.97 Å². The molecule has 0 bridgehead atoms. The van der Waals surface area contributed by atoms with Gasteiger partial charge >= 0.3 is 5.97 Å². The third-order valence-corrected chi connectivity index (χ3v) is 3.10. The molecule has 0 aromatic heterocycles. The van der Waals surface area contributed by atoms with Crippen molar-refractivity contribution in [2.45, 2.75) is 26.2 Å². The highest BCUT2D eigenvalue weighted by molar-refractivity contribution is 5.68. The van der Waals surface area contributed by atoms with Crippen LogP contribution in [0.4, 0.5) is 5.69 Å². The second-order valence-corrected chi connectivity index (χ2v) is 4.52. The maximum atomic E-state index is 10.8. The maximum absolute atomic E-state index is 10.8. The Hall–Kier alpha value is -1.91. The number of unbranched alkanes of at least 4 members (excludes halogenated alkanes) is 1. The summed E-state index contributed by atoms with van der Waals surface area (Å²) in [6.07, 6.45) is 2.15. The van der Waals surface area contributed by atoms with E-state index in [-0.39, 0.29) is 6.42 Å². The summed E-state index contributed by atoms with van der Waals surface area (Å²) in [6.45, 7) is 3.37. The standard InChI is InChI=1S/C15H23NO4/c1-4-5-9-16(10-8-15(17)18)13-11-12(19-2)6-7-14(13)20-3/h6-7,11H,4-5,8-10H2,1-3H3,(H,17,18). The molecule has 0 amide bonds. The van der Waals surface area contributed by atoms with E-state index in [9.17, 15) is 4.79 Å². The van der Waals surface area contributed by atoms with E-state index in [4.69, 9.17) is 14.6 Å². The Kier molecular flexibility index (Phi) is 6.70. The summed E-state index contributed by atoms with van der Waals surface area (Å²) in [4.78, 5) is 12.8. The van der Waals surface area contributed by atoms with Gasteiger partial charge in [-0.05, 0) is 18.6 Å². The van der Waals surface area contributed by atoms with Crippen molar-refractivity contribution in [1.82, 2.24) is 0 Å². The van der Waals surface area contributed by atoms with Crippen molar-refractivity contribution in [3.05, 3.63) is 18.2 Å². The Balaban J connectivity index is 2.99. The zero-order valence-electron chi connectivity index (χ0n) is 12.4. The average Bonchev–Trinajstić information content (AvgIpc) is 2.46. The van der Waals surface area contributed by atoms with E-state index in [2.05, 4.69) is 6.92 Å². The van der Waals surface area contributed by atoms with E-state index in [0.29, 0.717) is 6.54 Å². The van der Waals surface area contributed by atoms with Crippen LogP contribution in [0.5, 0.6) is 11.5 Å². The molecule has 1 aromatic carbocycles. The number of hydrogen-bond donors (Lipinski definition) is 1. The lowest BCUT2D eigenvalue weighted by Gasteiger charge is -2.26. The lowest BCUT2D eigenvalue weighted by atomic mass is 10.2. The number of methoxy groups -OCH3 is 2. The van der Waals surface area contributed by atoms with Crippen molar-refractivity contribution in [3.8, 4) is 11.5 Å². The predicted molar refractivity (Wildman–Crippen MR) is 78.9 cm³/mol. The Morgan fingerprint density at radius 2 is 2.00 bits per heavy atom. The van der Waals surface area contributed by atoms with Gasteiger partial charge in [0.2, 0.25) is 0 Å². The minimum atomic E-state index is -0.798. The van der Waals surface area contributed by atoms with Crippen LogP contribution < -0.4 is 14.4 Å². The fourth-order valence-corrected chi connectivity index (χ4v) is 1.98. The molecule has 112 valence electrons. The van der Waals surface area contributed by atoms with Gasteiger partial charge in [-0.1, -0.05) is 13.3 Å². The number of benzene rings is 1. The number of carboxylic acids is 1. The lowest BCUT2D eigenvalue weighted by molar-refractivity contribution is -0.136. The molecule has 0 aliphatic heterocycles. The molecule has 1 aromatic rings. The van der Waals surface area contributed by atoms with Crippen molar-refractivity contribution >= 4 is 11.7 Å². The molecular weight excluding hydrogens is 258 g/mol. The number of ether oxygens (including phenoxy) is 2. The minimum absolute atomic E-state index is 0.101. The van der Waals surface area contributed by atoms with Gasteiger partial charge in [-0.2, -0.15) is 0 Å². The van der Waals surface area contributed by atoms with E-state index in [1.165, 1.54) is 0 Å². The van der Waals surface area contributed by atoms with E-state index in [1.54, 1.807) is 14.2 Å². The summed E-state index contributed by atoms with van der Waals surface area (Å²) in [6, 6.07) is 5.56. The Morgan fingerprint density at radius 1 is 1.25 bits per heavy atom. The quantitative estimate of drug-likeness (QED) is 0.754. The van der Waals surface area contributed by atoms with Crippen LogP contribution in [0.3, 0.4) is 0 Å². The van der Waals surface area contributed by atoms with Crippen LogP contribution in [-0.2, 0) is 4.79 Å². The zero-order valence-corrected chi connectivity index (χ0v) is 12.4. The molecule has 0 spiro atoms. The van der Waals surface area contributed by atoms with Crippen molar-refractivity contribution in [3.63, 3.8) is 0 Å². The van der Waals surface area contributed by atoms with Crippen molar-refractivity contribution < 1.29 is 19.4 Å². The molecule has 0 aliphatic rings. The summed E-state index contributed by atoms with van der Waals surface area (Å²) in [5.41, 5.74) is 0.876. The number of carboxylic acid groups (broad SMARTS) is 1. The smallest absolute Gasteiger partial charge is 0.305 e. The average molecular weight is 281 g/mol. The molecule has 5 heteroatoms. The van der Waals surface area contributed by atoms with Gasteiger partial charge in [-0.25, -0.2) is 0 Å². The molecule has 20 heavy (non-hydrogen) atoms. The summed E-state index contributed by atoms with van der Waals surface area (Å²) in [7, 11) is 3.22. The molecular formula is C15H23NO4. The molecule has 5 nitrogen and oxygen atoms in total. The van der Waals surface area contributed by atoms with Gasteiger partial charge in [0.05, 0.1) is 26.3 Å². The fourth-order valence-electron chi connectivity index (χ4n) is 1.98. The molecule has 0 heterocycles. The molecule has 1 N–H and O–H groups in total. The molecule has 0 saturated heterocycles. The number of aliphatic carboxylic acids is 1. The van der Waals surface area contributed by atoms with Gasteiger partial charge in [0.25, 0.3) is 0 Å². The lowest BCUT2D eigenvalue weighted by Crippen LogP contribution is -2.27. The number of carbonyl (C=O) groups is 1. The number of rotatable bonds is 9. The summed E-state index contributed by atoms with van der Waals surface area (Å²) in [5, 5.41) is 8.88. The van der Waals surface area contributed by atoms with Gasteiger partial charge in [0.15, 0.2) is 0 Å². The topological polar surface area (TPSA) is 59.0 Å². The largest absolute Gasteiger partial charge is 0.497 e. The first kappa shape index (κ1) is 16.1. The first-order valence-electron chi connectivity index (χ1n) is 6.81. The highest BCUT2D eigenvalue weighted by Gasteiger charge is 2.14. The molecule has 0 saturated carbocycles. The normalized spacial score (nSPS) is 10.2. The highest BCUT2D eigenvalue weighted by Crippen LogP contribution is 2.32. The van der Waals surface area contributed by atoms with Gasteiger partial charge in [-0.3, -0.25) is 4.79 Å². The Bertz CT molecular complexity index is 434. The molecule has 0 unspecified atom stereocenters. The first-order chi connectivity index (χ1) is 9.62. The van der Waals surface area contributed by atoms with Crippen LogP contribution in [0.1, 0.15) is 26.2 Å². The second-order valence-electron chi connectivity index (χ2n) is 4.52. The van der Waals surface area contributed by atoms with Crippen LogP contribution in [0.25, 0.3) is 0 Å². The van der Waals surface area contributed by atoms with Gasteiger partial charge in [0, 0.05) is 19.2 Å². The Labute approximate surface area is 120 Å². The van der Waals surface area contributed by atoms with Crippen molar-refractivity contribution in [1.29, 1.82) is 0 Å². The third-order valence-electron chi connectivity index (χ3n) is 3.10. The predicted octanol–water partition coefficient (Wildman–Crippen LogP) is 2.79. The molecule has 0 atom stereocenters. The monoisotopic (exact) mass is 281 g/mol. The first-order valence-corrected chi connectivity index (χ1v) is 6.81. The SMILES string of the molecule is CCCCN(CCC(=O)O)c1cc(OC)ccc1OC. The van der Waals surface area contributed by atoms with Crippen molar-refractivity contribution in [2.24, 2.45) is 0 Å². The highest BCUT2D eigenvalue weighted by atomic mass is 16.5. The molecule has 0 fully saturated rings. The number of hydrogen-bond acceptors (Lipinski definition) is 4. The van der Waals surface area contributed by atoms with Crippen molar-refractivity contribution in [2.75, 3.05) is 32.2 Å². The third kappa shape index (κ3) is 4.64. The summed E-state index contributed by atoms with van der Waals surface area (Å²) < 4.78 is 10.6. The van der Waals surface area contributed by atoms with Gasteiger partial charge in [-0.15, -0.1) is 0 Å². The number of anilines is 1. The van der Waals surface area contributed by atoms with Crippen LogP contribution in [0, 0.1) is 0 Å². The maximum Gasteiger partial charge on any atom is 0.305 e. The minimum Gasteiger partial charge on any atom is -0.497 e.